The zero-order chi connectivity index (χ0) is 11.9. The van der Waals surface area contributed by atoms with Gasteiger partial charge in [-0.3, -0.25) is 9.48 Å². The van der Waals surface area contributed by atoms with Crippen LogP contribution in [0, 0.1) is 0 Å². The Labute approximate surface area is 97.3 Å². The van der Waals surface area contributed by atoms with Crippen molar-refractivity contribution in [2.75, 3.05) is 0 Å². The number of aryl methyl sites for hydroxylation is 1. The molecule has 8 heteroatoms. The van der Waals surface area contributed by atoms with Gasteiger partial charge in [0.2, 0.25) is 5.91 Å². The lowest BCUT2D eigenvalue weighted by molar-refractivity contribution is -0.137. The summed E-state index contributed by atoms with van der Waals surface area (Å²) in [4.78, 5) is 11.2. The van der Waals surface area contributed by atoms with E-state index in [1.807, 2.05) is 6.92 Å². The molecule has 0 N–H and O–H groups in total. The van der Waals surface area contributed by atoms with E-state index >= 15 is 0 Å². The minimum absolute atomic E-state index is 0.154. The van der Waals surface area contributed by atoms with Crippen LogP contribution in [0.1, 0.15) is 24.9 Å². The Hall–Kier alpha value is -1.08. The number of hydrogen-bond acceptors (Lipinski definition) is 4. The number of nitrogens with zero attached hydrogens (tertiary/aromatic N) is 3. The second kappa shape index (κ2) is 3.74. The maximum absolute atomic E-state index is 11.2. The van der Waals surface area contributed by atoms with Gasteiger partial charge in [0.25, 0.3) is 0 Å². The molecule has 16 heavy (non-hydrogen) atoms. The van der Waals surface area contributed by atoms with E-state index in [-0.39, 0.29) is 6.42 Å². The Kier molecular flexibility index (Phi) is 2.67. The number of rotatable bonds is 3. The van der Waals surface area contributed by atoms with Crippen molar-refractivity contribution < 1.29 is 13.2 Å². The van der Waals surface area contributed by atoms with Crippen LogP contribution in [0.4, 0.5) is 0 Å². The number of halogens is 1. The molecule has 1 fully saturated rings. The molecule has 0 bridgehead atoms. The first-order valence-corrected chi connectivity index (χ1v) is 6.99. The van der Waals surface area contributed by atoms with Crippen LogP contribution in [0.3, 0.4) is 0 Å². The molecule has 2 heterocycles. The van der Waals surface area contributed by atoms with Crippen LogP contribution >= 0.6 is 10.7 Å². The van der Waals surface area contributed by atoms with Gasteiger partial charge in [0.1, 0.15) is 0 Å². The van der Waals surface area contributed by atoms with E-state index in [4.69, 9.17) is 10.7 Å². The van der Waals surface area contributed by atoms with Gasteiger partial charge in [0, 0.05) is 29.0 Å². The second-order valence-corrected chi connectivity index (χ2v) is 5.87. The van der Waals surface area contributed by atoms with Gasteiger partial charge in [-0.05, 0) is 6.92 Å². The Morgan fingerprint density at radius 3 is 2.75 bits per heavy atom. The Morgan fingerprint density at radius 2 is 2.31 bits per heavy atom. The fraction of sp³-hybridized carbons (Fsp3) is 0.500. The first-order chi connectivity index (χ1) is 7.43. The monoisotopic (exact) mass is 263 g/mol. The van der Waals surface area contributed by atoms with Gasteiger partial charge >= 0.3 is 9.24 Å². The number of amides is 1. The first kappa shape index (κ1) is 11.4. The van der Waals surface area contributed by atoms with Crippen LogP contribution in [0.5, 0.6) is 0 Å². The molecular weight excluding hydrogens is 254 g/mol. The third kappa shape index (κ3) is 1.80. The van der Waals surface area contributed by atoms with Gasteiger partial charge in [-0.1, -0.05) is 0 Å². The van der Waals surface area contributed by atoms with Crippen molar-refractivity contribution in [3.05, 3.63) is 18.0 Å². The lowest BCUT2D eigenvalue weighted by Gasteiger charge is -2.36. The summed E-state index contributed by atoms with van der Waals surface area (Å²) in [5.41, 5.74) is 0.686. The summed E-state index contributed by atoms with van der Waals surface area (Å²) in [6.45, 7) is 2.60. The predicted octanol–water partition coefficient (Wildman–Crippen LogP) is 0.660. The van der Waals surface area contributed by atoms with E-state index in [9.17, 15) is 13.2 Å². The average molecular weight is 264 g/mol. The largest absolute Gasteiger partial charge is 0.324 e. The molecule has 0 radical (unpaired) electrons. The lowest BCUT2D eigenvalue weighted by atomic mass is 10.0. The van der Waals surface area contributed by atoms with Gasteiger partial charge in [0.05, 0.1) is 18.7 Å². The molecule has 2 rings (SSSR count). The summed E-state index contributed by atoms with van der Waals surface area (Å²) in [7, 11) is 1.17. The zero-order valence-electron chi connectivity index (χ0n) is 8.50. The molecule has 0 spiro atoms. The average Bonchev–Trinajstić information content (AvgIpc) is 2.58. The molecule has 1 unspecified atom stereocenters. The molecule has 1 aromatic rings. The molecule has 0 aromatic carbocycles. The van der Waals surface area contributed by atoms with E-state index < -0.39 is 21.2 Å². The molecule has 6 nitrogen and oxygen atoms in total. The highest BCUT2D eigenvalue weighted by Gasteiger charge is 2.45. The highest BCUT2D eigenvalue weighted by atomic mass is 35.7. The molecule has 1 atom stereocenters. The smallest absolute Gasteiger partial charge is 0.274 e. The number of carbonyl (C=O) groups excluding carboxylic acids is 1. The van der Waals surface area contributed by atoms with Gasteiger partial charge in [-0.25, -0.2) is 4.31 Å². The van der Waals surface area contributed by atoms with E-state index in [1.54, 1.807) is 17.1 Å². The van der Waals surface area contributed by atoms with Gasteiger partial charge < -0.3 is 0 Å². The maximum Gasteiger partial charge on any atom is 0.324 e. The second-order valence-electron chi connectivity index (χ2n) is 3.48. The van der Waals surface area contributed by atoms with E-state index in [0.29, 0.717) is 16.4 Å². The Balaban J connectivity index is 2.27. The number of hydrogen-bond donors (Lipinski definition) is 0. The normalized spacial score (nSPS) is 21.0. The van der Waals surface area contributed by atoms with Crippen molar-refractivity contribution in [1.82, 2.24) is 14.1 Å². The third-order valence-corrected chi connectivity index (χ3v) is 3.87. The lowest BCUT2D eigenvalue weighted by Crippen LogP contribution is -2.47. The van der Waals surface area contributed by atoms with Crippen LogP contribution in [-0.4, -0.2) is 28.4 Å². The van der Waals surface area contributed by atoms with Crippen molar-refractivity contribution in [2.45, 2.75) is 25.9 Å². The summed E-state index contributed by atoms with van der Waals surface area (Å²) in [6, 6.07) is -0.504. The van der Waals surface area contributed by atoms with Crippen molar-refractivity contribution in [2.24, 2.45) is 0 Å². The van der Waals surface area contributed by atoms with Crippen molar-refractivity contribution >= 4 is 25.8 Å². The van der Waals surface area contributed by atoms with Crippen LogP contribution in [0.25, 0.3) is 0 Å². The molecule has 1 amide bonds. The van der Waals surface area contributed by atoms with Crippen LogP contribution < -0.4 is 0 Å². The summed E-state index contributed by atoms with van der Waals surface area (Å²) in [6.07, 6.45) is 3.42. The SMILES string of the molecule is CCn1cc(C2CC(=O)N2S(=O)(=O)Cl)cn1. The number of aromatic nitrogens is 2. The Morgan fingerprint density at radius 1 is 1.62 bits per heavy atom. The molecule has 1 saturated heterocycles. The number of β-lactam (4-membered cyclic amide) rings is 1. The Bertz CT molecular complexity index is 524. The standard InChI is InChI=1S/C8H10ClN3O3S/c1-2-11-5-6(4-10-11)7-3-8(13)12(7)16(9,14)15/h4-5,7H,2-3H2,1H3. The van der Waals surface area contributed by atoms with Crippen LogP contribution in [0.15, 0.2) is 12.4 Å². The van der Waals surface area contributed by atoms with Crippen molar-refractivity contribution in [1.29, 1.82) is 0 Å². The molecular formula is C8H10ClN3O3S. The highest BCUT2D eigenvalue weighted by molar-refractivity contribution is 8.12. The zero-order valence-corrected chi connectivity index (χ0v) is 10.1. The maximum atomic E-state index is 11.2. The molecule has 1 aromatic heterocycles. The molecule has 1 aliphatic heterocycles. The fourth-order valence-electron chi connectivity index (χ4n) is 1.65. The van der Waals surface area contributed by atoms with E-state index in [1.165, 1.54) is 0 Å². The summed E-state index contributed by atoms with van der Waals surface area (Å²) in [5.74, 6) is -0.482. The predicted molar refractivity (Wildman–Crippen MR) is 56.9 cm³/mol. The molecule has 1 aliphatic rings. The van der Waals surface area contributed by atoms with Gasteiger partial charge in [-0.2, -0.15) is 13.5 Å². The quantitative estimate of drug-likeness (QED) is 0.593. The molecule has 0 saturated carbocycles. The van der Waals surface area contributed by atoms with E-state index in [2.05, 4.69) is 5.10 Å². The van der Waals surface area contributed by atoms with Crippen LogP contribution in [0.2, 0.25) is 0 Å². The summed E-state index contributed by atoms with van der Waals surface area (Å²) >= 11 is 0. The topological polar surface area (TPSA) is 72.3 Å². The van der Waals surface area contributed by atoms with Crippen molar-refractivity contribution in [3.63, 3.8) is 0 Å². The fourth-order valence-corrected chi connectivity index (χ4v) is 2.99. The minimum Gasteiger partial charge on any atom is -0.274 e. The van der Waals surface area contributed by atoms with Gasteiger partial charge in [-0.15, -0.1) is 0 Å². The summed E-state index contributed by atoms with van der Waals surface area (Å²) in [5, 5.41) is 4.02. The summed E-state index contributed by atoms with van der Waals surface area (Å²) < 4.78 is 24.6. The molecule has 0 aliphatic carbocycles. The minimum atomic E-state index is -3.99. The highest BCUT2D eigenvalue weighted by Crippen LogP contribution is 2.37. The third-order valence-electron chi connectivity index (χ3n) is 2.49. The van der Waals surface area contributed by atoms with E-state index in [0.717, 1.165) is 0 Å². The molecule has 88 valence electrons. The number of carbonyl (C=O) groups is 1. The first-order valence-electron chi connectivity index (χ1n) is 4.72. The van der Waals surface area contributed by atoms with Crippen molar-refractivity contribution in [3.8, 4) is 0 Å². The van der Waals surface area contributed by atoms with Crippen LogP contribution in [-0.2, 0) is 20.6 Å². The van der Waals surface area contributed by atoms with Gasteiger partial charge in [0.15, 0.2) is 0 Å².